The third-order valence-corrected chi connectivity index (χ3v) is 2.28. The molecule has 4 nitrogen and oxygen atoms in total. The van der Waals surface area contributed by atoms with Gasteiger partial charge < -0.3 is 19.0 Å². The van der Waals surface area contributed by atoms with Crippen molar-refractivity contribution in [3.05, 3.63) is 23.8 Å². The van der Waals surface area contributed by atoms with Gasteiger partial charge in [-0.3, -0.25) is 0 Å². The summed E-state index contributed by atoms with van der Waals surface area (Å²) in [5, 5.41) is 0. The molecule has 0 saturated carbocycles. The zero-order valence-corrected chi connectivity index (χ0v) is 8.43. The summed E-state index contributed by atoms with van der Waals surface area (Å²) in [4.78, 5) is 10.8. The van der Waals surface area contributed by atoms with Gasteiger partial charge in [-0.15, -0.1) is 0 Å². The maximum atomic E-state index is 10.8. The van der Waals surface area contributed by atoms with E-state index >= 15 is 0 Å². The van der Waals surface area contributed by atoms with Crippen molar-refractivity contribution in [1.82, 2.24) is 0 Å². The first kappa shape index (κ1) is 9.98. The van der Waals surface area contributed by atoms with Gasteiger partial charge >= 0.3 is 0 Å². The highest BCUT2D eigenvalue weighted by Crippen LogP contribution is 2.37. The Morgan fingerprint density at radius 2 is 2.20 bits per heavy atom. The summed E-state index contributed by atoms with van der Waals surface area (Å²) in [6, 6.07) is 5.43. The molecular weight excluding hydrogens is 196 g/mol. The van der Waals surface area contributed by atoms with Crippen LogP contribution in [0.2, 0.25) is 0 Å². The molecule has 1 aromatic rings. The molecule has 0 radical (unpaired) electrons. The summed E-state index contributed by atoms with van der Waals surface area (Å²) >= 11 is 0. The molecule has 1 unspecified atom stereocenters. The van der Waals surface area contributed by atoms with Crippen LogP contribution in [0.25, 0.3) is 0 Å². The molecule has 1 aromatic carbocycles. The minimum Gasteiger partial charge on any atom is -0.486 e. The van der Waals surface area contributed by atoms with E-state index in [-0.39, 0.29) is 0 Å². The van der Waals surface area contributed by atoms with Gasteiger partial charge in [0.05, 0.1) is 0 Å². The van der Waals surface area contributed by atoms with E-state index < -0.39 is 6.10 Å². The van der Waals surface area contributed by atoms with E-state index in [9.17, 15) is 4.79 Å². The topological polar surface area (TPSA) is 44.8 Å². The number of carbonyl (C=O) groups excluding carboxylic acids is 1. The maximum absolute atomic E-state index is 10.8. The van der Waals surface area contributed by atoms with E-state index in [4.69, 9.17) is 14.2 Å². The van der Waals surface area contributed by atoms with Crippen LogP contribution in [0.1, 0.15) is 11.7 Å². The summed E-state index contributed by atoms with van der Waals surface area (Å²) in [5.41, 5.74) is 0.713. The van der Waals surface area contributed by atoms with Crippen LogP contribution in [-0.4, -0.2) is 26.6 Å². The highest BCUT2D eigenvalue weighted by Gasteiger charge is 2.21. The first-order valence-electron chi connectivity index (χ1n) is 4.73. The molecule has 1 heterocycles. The van der Waals surface area contributed by atoms with Gasteiger partial charge in [-0.25, -0.2) is 0 Å². The van der Waals surface area contributed by atoms with Crippen molar-refractivity contribution in [2.45, 2.75) is 6.10 Å². The van der Waals surface area contributed by atoms with Crippen molar-refractivity contribution in [2.75, 3.05) is 20.3 Å². The number of methoxy groups -OCH3 is 1. The summed E-state index contributed by atoms with van der Waals surface area (Å²) in [6.07, 6.45) is 0.148. The fourth-order valence-electron chi connectivity index (χ4n) is 1.58. The molecule has 0 aliphatic carbocycles. The predicted octanol–water partition coefficient (Wildman–Crippen LogP) is 1.34. The van der Waals surface area contributed by atoms with Crippen LogP contribution in [0.4, 0.5) is 0 Å². The molecule has 0 fully saturated rings. The molecule has 4 heteroatoms. The Morgan fingerprint density at radius 3 is 2.93 bits per heavy atom. The number of benzene rings is 1. The Morgan fingerprint density at radius 1 is 1.40 bits per heavy atom. The summed E-state index contributed by atoms with van der Waals surface area (Å²) in [5.74, 6) is 1.28. The van der Waals surface area contributed by atoms with E-state index in [1.165, 1.54) is 7.11 Å². The largest absolute Gasteiger partial charge is 0.486 e. The Kier molecular flexibility index (Phi) is 2.87. The number of fused-ring (bicyclic) bond motifs is 1. The monoisotopic (exact) mass is 208 g/mol. The van der Waals surface area contributed by atoms with Crippen molar-refractivity contribution < 1.29 is 19.0 Å². The number of carbonyl (C=O) groups is 1. The predicted molar refractivity (Wildman–Crippen MR) is 53.2 cm³/mol. The number of aldehydes is 1. The Balaban J connectivity index is 2.42. The van der Waals surface area contributed by atoms with Gasteiger partial charge in [-0.2, -0.15) is 0 Å². The molecule has 2 rings (SSSR count). The van der Waals surface area contributed by atoms with Gasteiger partial charge in [0.25, 0.3) is 0 Å². The average molecular weight is 208 g/mol. The van der Waals surface area contributed by atoms with Crippen molar-refractivity contribution in [1.29, 1.82) is 0 Å². The Bertz CT molecular complexity index is 362. The van der Waals surface area contributed by atoms with Crippen LogP contribution in [0.3, 0.4) is 0 Å². The Hall–Kier alpha value is -1.55. The van der Waals surface area contributed by atoms with E-state index in [2.05, 4.69) is 0 Å². The molecule has 80 valence electrons. The van der Waals surface area contributed by atoms with Crippen molar-refractivity contribution in [3.63, 3.8) is 0 Å². The lowest BCUT2D eigenvalue weighted by Gasteiger charge is -2.22. The second kappa shape index (κ2) is 4.31. The van der Waals surface area contributed by atoms with Gasteiger partial charge in [0.1, 0.15) is 19.3 Å². The third kappa shape index (κ3) is 1.80. The van der Waals surface area contributed by atoms with Crippen LogP contribution in [0, 0.1) is 0 Å². The molecule has 1 aliphatic heterocycles. The molecule has 0 spiro atoms. The average Bonchev–Trinajstić information content (AvgIpc) is 2.31. The van der Waals surface area contributed by atoms with Crippen LogP contribution < -0.4 is 9.47 Å². The SMILES string of the molecule is COC(C=O)c1cccc2c1OCCO2. The molecule has 0 saturated heterocycles. The fourth-order valence-corrected chi connectivity index (χ4v) is 1.58. The van der Waals surface area contributed by atoms with Crippen molar-refractivity contribution >= 4 is 6.29 Å². The number of hydrogen-bond acceptors (Lipinski definition) is 4. The van der Waals surface area contributed by atoms with Gasteiger partial charge in [0, 0.05) is 12.7 Å². The van der Waals surface area contributed by atoms with Crippen LogP contribution in [-0.2, 0) is 9.53 Å². The van der Waals surface area contributed by atoms with E-state index in [0.29, 0.717) is 30.3 Å². The van der Waals surface area contributed by atoms with Crippen LogP contribution in [0.5, 0.6) is 11.5 Å². The maximum Gasteiger partial charge on any atom is 0.167 e. The molecular formula is C11H12O4. The van der Waals surface area contributed by atoms with E-state index in [1.54, 1.807) is 6.07 Å². The van der Waals surface area contributed by atoms with Crippen LogP contribution >= 0.6 is 0 Å². The fraction of sp³-hybridized carbons (Fsp3) is 0.364. The number of ether oxygens (including phenoxy) is 3. The zero-order chi connectivity index (χ0) is 10.7. The lowest BCUT2D eigenvalue weighted by molar-refractivity contribution is -0.116. The van der Waals surface area contributed by atoms with E-state index in [1.807, 2.05) is 12.1 Å². The molecule has 1 atom stereocenters. The van der Waals surface area contributed by atoms with Gasteiger partial charge in [-0.1, -0.05) is 12.1 Å². The minimum absolute atomic E-state index is 0.499. The molecule has 1 aliphatic rings. The van der Waals surface area contributed by atoms with Gasteiger partial charge in [0.15, 0.2) is 17.8 Å². The standard InChI is InChI=1S/C11H12O4/c1-13-10(7-12)8-3-2-4-9-11(8)15-6-5-14-9/h2-4,7,10H,5-6H2,1H3. The zero-order valence-electron chi connectivity index (χ0n) is 8.43. The lowest BCUT2D eigenvalue weighted by atomic mass is 10.1. The van der Waals surface area contributed by atoms with Crippen molar-refractivity contribution in [2.24, 2.45) is 0 Å². The molecule has 0 aromatic heterocycles. The number of hydrogen-bond donors (Lipinski definition) is 0. The van der Waals surface area contributed by atoms with Gasteiger partial charge in [-0.05, 0) is 6.07 Å². The van der Waals surface area contributed by atoms with Crippen LogP contribution in [0.15, 0.2) is 18.2 Å². The molecule has 0 amide bonds. The summed E-state index contributed by atoms with van der Waals surface area (Å²) in [6.45, 7) is 1.04. The van der Waals surface area contributed by atoms with E-state index in [0.717, 1.165) is 6.29 Å². The summed E-state index contributed by atoms with van der Waals surface area (Å²) < 4.78 is 15.9. The normalized spacial score (nSPS) is 15.8. The second-order valence-corrected chi connectivity index (χ2v) is 3.16. The quantitative estimate of drug-likeness (QED) is 0.703. The first-order chi connectivity index (χ1) is 7.36. The second-order valence-electron chi connectivity index (χ2n) is 3.16. The minimum atomic E-state index is -0.596. The third-order valence-electron chi connectivity index (χ3n) is 2.28. The smallest absolute Gasteiger partial charge is 0.167 e. The van der Waals surface area contributed by atoms with Gasteiger partial charge in [0.2, 0.25) is 0 Å². The number of rotatable bonds is 3. The Labute approximate surface area is 87.8 Å². The first-order valence-corrected chi connectivity index (χ1v) is 4.73. The number of para-hydroxylation sites is 1. The highest BCUT2D eigenvalue weighted by molar-refractivity contribution is 5.64. The highest BCUT2D eigenvalue weighted by atomic mass is 16.6. The van der Waals surface area contributed by atoms with Crippen molar-refractivity contribution in [3.8, 4) is 11.5 Å². The molecule has 0 N–H and O–H groups in total. The molecule has 15 heavy (non-hydrogen) atoms. The lowest BCUT2D eigenvalue weighted by Crippen LogP contribution is -2.18. The summed E-state index contributed by atoms with van der Waals surface area (Å²) in [7, 11) is 1.49. The molecule has 0 bridgehead atoms.